The van der Waals surface area contributed by atoms with Gasteiger partial charge in [-0.3, -0.25) is 0 Å². The van der Waals surface area contributed by atoms with Gasteiger partial charge >= 0.3 is 0 Å². The van der Waals surface area contributed by atoms with Gasteiger partial charge in [-0.25, -0.2) is 0 Å². The van der Waals surface area contributed by atoms with Crippen LogP contribution in [0.3, 0.4) is 0 Å². The maximum atomic E-state index is 4.25. The quantitative estimate of drug-likeness (QED) is 0.396. The fourth-order valence-electron chi connectivity index (χ4n) is 2.63. The lowest BCUT2D eigenvalue weighted by molar-refractivity contribution is 0.375. The van der Waals surface area contributed by atoms with Crippen molar-refractivity contribution in [3.63, 3.8) is 0 Å². The van der Waals surface area contributed by atoms with Crippen LogP contribution in [0.1, 0.15) is 85.5 Å². The maximum Gasteiger partial charge on any atom is 0.0171 e. The van der Waals surface area contributed by atoms with Gasteiger partial charge in [0.1, 0.15) is 0 Å². The van der Waals surface area contributed by atoms with Gasteiger partial charge in [0, 0.05) is 25.3 Å². The van der Waals surface area contributed by atoms with Gasteiger partial charge in [-0.15, -0.1) is 0 Å². The molecule has 0 saturated heterocycles. The number of unbranched alkanes of at least 4 members (excludes halogenated alkanes) is 5. The van der Waals surface area contributed by atoms with Gasteiger partial charge in [0.05, 0.1) is 0 Å². The molecule has 0 aromatic rings. The molecule has 0 fully saturated rings. The van der Waals surface area contributed by atoms with E-state index < -0.39 is 0 Å². The molecule has 0 amide bonds. The van der Waals surface area contributed by atoms with E-state index in [0.717, 1.165) is 5.92 Å². The van der Waals surface area contributed by atoms with Gasteiger partial charge in [-0.1, -0.05) is 66.4 Å². The van der Waals surface area contributed by atoms with Crippen LogP contribution >= 0.6 is 0 Å². The van der Waals surface area contributed by atoms with Gasteiger partial charge in [0.2, 0.25) is 0 Å². The molecular formula is C20H42N2. The van der Waals surface area contributed by atoms with E-state index in [-0.39, 0.29) is 0 Å². The Kier molecular flexibility index (Phi) is 13.8. The third-order valence-electron chi connectivity index (χ3n) is 4.26. The second kappa shape index (κ2) is 14.1. The molecule has 0 rings (SSSR count). The molecule has 0 heterocycles. The molecular weight excluding hydrogens is 268 g/mol. The first-order valence-corrected chi connectivity index (χ1v) is 9.55. The van der Waals surface area contributed by atoms with Crippen LogP contribution in [0.5, 0.6) is 0 Å². The Bertz CT molecular complexity index is 258. The van der Waals surface area contributed by atoms with Crippen molar-refractivity contribution in [1.29, 1.82) is 0 Å². The zero-order valence-corrected chi connectivity index (χ0v) is 16.1. The standard InChI is InChI=1S/C20H42N2/c1-18(2)14-11-13-17-22(6)20(5)15-10-8-7-9-12-16-21-19(3)4/h18-19,21H,5,7-17H2,1-4,6H3. The minimum Gasteiger partial charge on any atom is -0.378 e. The van der Waals surface area contributed by atoms with E-state index in [1.807, 2.05) is 0 Å². The molecule has 0 bridgehead atoms. The normalized spacial score (nSPS) is 11.4. The number of rotatable bonds is 15. The van der Waals surface area contributed by atoms with Crippen molar-refractivity contribution >= 4 is 0 Å². The Labute approximate surface area is 140 Å². The van der Waals surface area contributed by atoms with Gasteiger partial charge in [-0.2, -0.15) is 0 Å². The summed E-state index contributed by atoms with van der Waals surface area (Å²) in [6.45, 7) is 15.6. The highest BCUT2D eigenvalue weighted by atomic mass is 15.1. The Hall–Kier alpha value is -0.500. The summed E-state index contributed by atoms with van der Waals surface area (Å²) in [4.78, 5) is 2.37. The summed E-state index contributed by atoms with van der Waals surface area (Å²) in [5, 5.41) is 3.48. The number of hydrogen-bond acceptors (Lipinski definition) is 2. The highest BCUT2D eigenvalue weighted by molar-refractivity contribution is 4.91. The maximum absolute atomic E-state index is 4.25. The molecule has 0 atom stereocenters. The van der Waals surface area contributed by atoms with Crippen LogP contribution in [0.15, 0.2) is 12.3 Å². The first-order valence-electron chi connectivity index (χ1n) is 9.55. The largest absolute Gasteiger partial charge is 0.378 e. The van der Waals surface area contributed by atoms with Crippen molar-refractivity contribution in [2.24, 2.45) is 5.92 Å². The van der Waals surface area contributed by atoms with E-state index in [4.69, 9.17) is 0 Å². The van der Waals surface area contributed by atoms with Crippen molar-refractivity contribution in [2.45, 2.75) is 91.5 Å². The zero-order chi connectivity index (χ0) is 16.8. The molecule has 0 radical (unpaired) electrons. The SMILES string of the molecule is C=C(CCCCCCCNC(C)C)N(C)CCCCC(C)C. The molecule has 0 aliphatic heterocycles. The summed E-state index contributed by atoms with van der Waals surface area (Å²) in [6.07, 6.45) is 11.9. The Morgan fingerprint density at radius 3 is 2.18 bits per heavy atom. The lowest BCUT2D eigenvalue weighted by atomic mass is 10.1. The van der Waals surface area contributed by atoms with Crippen molar-refractivity contribution in [3.05, 3.63) is 12.3 Å². The van der Waals surface area contributed by atoms with E-state index in [1.54, 1.807) is 0 Å². The minimum absolute atomic E-state index is 0.624. The van der Waals surface area contributed by atoms with Crippen molar-refractivity contribution in [1.82, 2.24) is 10.2 Å². The molecule has 22 heavy (non-hydrogen) atoms. The van der Waals surface area contributed by atoms with Gasteiger partial charge < -0.3 is 10.2 Å². The first-order chi connectivity index (χ1) is 10.4. The second-order valence-electron chi connectivity index (χ2n) is 7.50. The van der Waals surface area contributed by atoms with Crippen molar-refractivity contribution in [3.8, 4) is 0 Å². The Morgan fingerprint density at radius 2 is 1.55 bits per heavy atom. The summed E-state index contributed by atoms with van der Waals surface area (Å²) in [5.41, 5.74) is 1.33. The molecule has 0 unspecified atom stereocenters. The van der Waals surface area contributed by atoms with E-state index in [9.17, 15) is 0 Å². The molecule has 0 aromatic carbocycles. The van der Waals surface area contributed by atoms with Gasteiger partial charge in [0.25, 0.3) is 0 Å². The molecule has 2 heteroatoms. The highest BCUT2D eigenvalue weighted by Gasteiger charge is 2.03. The molecule has 1 N–H and O–H groups in total. The van der Waals surface area contributed by atoms with Crippen LogP contribution < -0.4 is 5.32 Å². The molecule has 0 aromatic heterocycles. The summed E-state index contributed by atoms with van der Waals surface area (Å²) < 4.78 is 0. The lowest BCUT2D eigenvalue weighted by Gasteiger charge is -2.22. The second-order valence-corrected chi connectivity index (χ2v) is 7.50. The first kappa shape index (κ1) is 21.5. The van der Waals surface area contributed by atoms with E-state index in [1.165, 1.54) is 76.6 Å². The minimum atomic E-state index is 0.624. The average Bonchev–Trinajstić information content (AvgIpc) is 2.45. The molecule has 0 aliphatic carbocycles. The van der Waals surface area contributed by atoms with E-state index >= 15 is 0 Å². The molecule has 0 saturated carbocycles. The van der Waals surface area contributed by atoms with Crippen molar-refractivity contribution in [2.75, 3.05) is 20.1 Å². The predicted octanol–water partition coefficient (Wildman–Crippen LogP) is 5.60. The van der Waals surface area contributed by atoms with Gasteiger partial charge in [-0.05, 0) is 38.1 Å². The smallest absolute Gasteiger partial charge is 0.0171 e. The Morgan fingerprint density at radius 1 is 0.909 bits per heavy atom. The summed E-state index contributed by atoms with van der Waals surface area (Å²) in [5.74, 6) is 0.837. The molecule has 0 aliphatic rings. The zero-order valence-electron chi connectivity index (χ0n) is 16.1. The molecule has 2 nitrogen and oxygen atoms in total. The monoisotopic (exact) mass is 310 g/mol. The molecule has 132 valence electrons. The molecule has 0 spiro atoms. The van der Waals surface area contributed by atoms with Crippen LogP contribution in [0.25, 0.3) is 0 Å². The number of nitrogens with zero attached hydrogens (tertiary/aromatic N) is 1. The summed E-state index contributed by atoms with van der Waals surface area (Å²) in [6, 6.07) is 0.624. The summed E-state index contributed by atoms with van der Waals surface area (Å²) in [7, 11) is 2.20. The third kappa shape index (κ3) is 14.4. The van der Waals surface area contributed by atoms with Gasteiger partial charge in [0.15, 0.2) is 0 Å². The average molecular weight is 311 g/mol. The number of hydrogen-bond donors (Lipinski definition) is 1. The van der Waals surface area contributed by atoms with Crippen molar-refractivity contribution < 1.29 is 0 Å². The van der Waals surface area contributed by atoms with Crippen LogP contribution in [-0.2, 0) is 0 Å². The van der Waals surface area contributed by atoms with Crippen LogP contribution in [0.4, 0.5) is 0 Å². The van der Waals surface area contributed by atoms with E-state index in [0.29, 0.717) is 6.04 Å². The number of nitrogens with one attached hydrogen (secondary N) is 1. The predicted molar refractivity (Wildman–Crippen MR) is 101 cm³/mol. The highest BCUT2D eigenvalue weighted by Crippen LogP contribution is 2.14. The Balaban J connectivity index is 3.40. The fraction of sp³-hybridized carbons (Fsp3) is 0.900. The van der Waals surface area contributed by atoms with Crippen LogP contribution in [0.2, 0.25) is 0 Å². The number of allylic oxidation sites excluding steroid dienone is 1. The van der Waals surface area contributed by atoms with E-state index in [2.05, 4.69) is 51.5 Å². The topological polar surface area (TPSA) is 15.3 Å². The third-order valence-corrected chi connectivity index (χ3v) is 4.26. The van der Waals surface area contributed by atoms with Crippen LogP contribution in [-0.4, -0.2) is 31.1 Å². The lowest BCUT2D eigenvalue weighted by Crippen LogP contribution is -2.23. The fourth-order valence-corrected chi connectivity index (χ4v) is 2.63. The summed E-state index contributed by atoms with van der Waals surface area (Å²) >= 11 is 0. The van der Waals surface area contributed by atoms with Crippen LogP contribution in [0, 0.1) is 5.92 Å².